The lowest BCUT2D eigenvalue weighted by atomic mass is 9.83. The topological polar surface area (TPSA) is 106 Å². The minimum absolute atomic E-state index is 0.0185. The average molecular weight is 676 g/mol. The summed E-state index contributed by atoms with van der Waals surface area (Å²) >= 11 is 19.2. The SMILES string of the molecule is CC(C)(C)OC(=O)CC[C@@]1(C(=O)NCCc2ccccc2Cl)N=C(c2ccc(OCCCO)cc2)O[C@@H]1c1ccc(Cl)cc1Cl. The number of hydrogen-bond acceptors (Lipinski definition) is 7. The zero-order valence-corrected chi connectivity index (χ0v) is 27.7. The summed E-state index contributed by atoms with van der Waals surface area (Å²) in [6, 6.07) is 19.4. The number of aliphatic hydroxyl groups is 1. The number of benzene rings is 3. The Labute approximate surface area is 278 Å². The van der Waals surface area contributed by atoms with Gasteiger partial charge >= 0.3 is 5.97 Å². The second-order valence-corrected chi connectivity index (χ2v) is 12.9. The van der Waals surface area contributed by atoms with E-state index in [1.807, 2.05) is 18.2 Å². The molecule has 0 bridgehead atoms. The summed E-state index contributed by atoms with van der Waals surface area (Å²) in [6.45, 7) is 6.01. The van der Waals surface area contributed by atoms with Crippen molar-refractivity contribution in [1.82, 2.24) is 5.32 Å². The Morgan fingerprint density at radius 3 is 2.42 bits per heavy atom. The molecular weight excluding hydrogens is 639 g/mol. The summed E-state index contributed by atoms with van der Waals surface area (Å²) in [5.41, 5.74) is -0.313. The van der Waals surface area contributed by atoms with E-state index in [4.69, 9.17) is 59.1 Å². The standard InChI is InChI=1S/C34H37Cl3N2O6/c1-33(2,3)45-29(41)15-17-34(32(42)38-18-16-22-7-4-5-8-27(22)36)30(26-14-11-24(35)21-28(26)37)44-31(39-34)23-9-12-25(13-10-23)43-20-6-19-40/h4-5,7-14,21,30,40H,6,15-20H2,1-3H3,(H,38,42)/t30-,34-/m1/s1. The Morgan fingerprint density at radius 1 is 1.02 bits per heavy atom. The van der Waals surface area contributed by atoms with Crippen LogP contribution < -0.4 is 10.1 Å². The van der Waals surface area contributed by atoms with E-state index in [2.05, 4.69) is 5.32 Å². The fraction of sp³-hybridized carbons (Fsp3) is 0.382. The van der Waals surface area contributed by atoms with Gasteiger partial charge in [-0.2, -0.15) is 0 Å². The van der Waals surface area contributed by atoms with Crippen LogP contribution in [0.5, 0.6) is 5.75 Å². The largest absolute Gasteiger partial charge is 0.494 e. The Morgan fingerprint density at radius 2 is 1.76 bits per heavy atom. The summed E-state index contributed by atoms with van der Waals surface area (Å²) < 4.78 is 17.7. The van der Waals surface area contributed by atoms with Crippen molar-refractivity contribution in [3.63, 3.8) is 0 Å². The monoisotopic (exact) mass is 674 g/mol. The van der Waals surface area contributed by atoms with E-state index >= 15 is 0 Å². The van der Waals surface area contributed by atoms with E-state index in [1.54, 1.807) is 69.3 Å². The Balaban J connectivity index is 1.72. The Bertz CT molecular complexity index is 1520. The number of carbonyl (C=O) groups excluding carboxylic acids is 2. The maximum absolute atomic E-state index is 14.3. The van der Waals surface area contributed by atoms with Crippen LogP contribution in [0.2, 0.25) is 15.1 Å². The van der Waals surface area contributed by atoms with Crippen LogP contribution in [-0.4, -0.2) is 53.8 Å². The molecule has 240 valence electrons. The summed E-state index contributed by atoms with van der Waals surface area (Å²) in [5.74, 6) is -0.0947. The minimum Gasteiger partial charge on any atom is -0.494 e. The molecule has 1 aliphatic rings. The first-order valence-electron chi connectivity index (χ1n) is 14.7. The van der Waals surface area contributed by atoms with E-state index < -0.39 is 29.1 Å². The predicted molar refractivity (Wildman–Crippen MR) is 176 cm³/mol. The average Bonchev–Trinajstić information content (AvgIpc) is 3.37. The number of hydrogen-bond donors (Lipinski definition) is 2. The summed E-state index contributed by atoms with van der Waals surface area (Å²) in [5, 5.41) is 13.4. The van der Waals surface area contributed by atoms with Gasteiger partial charge in [0.15, 0.2) is 11.6 Å². The Kier molecular flexibility index (Phi) is 11.8. The minimum atomic E-state index is -1.58. The van der Waals surface area contributed by atoms with Gasteiger partial charge in [0.2, 0.25) is 5.90 Å². The predicted octanol–water partition coefficient (Wildman–Crippen LogP) is 7.15. The quantitative estimate of drug-likeness (QED) is 0.147. The van der Waals surface area contributed by atoms with Gasteiger partial charge in [0.25, 0.3) is 5.91 Å². The molecule has 0 radical (unpaired) electrons. The van der Waals surface area contributed by atoms with Crippen LogP contribution in [0.25, 0.3) is 0 Å². The van der Waals surface area contributed by atoms with Gasteiger partial charge in [-0.1, -0.05) is 59.1 Å². The first-order valence-corrected chi connectivity index (χ1v) is 15.8. The number of nitrogens with one attached hydrogen (secondary N) is 1. The van der Waals surface area contributed by atoms with Crippen molar-refractivity contribution >= 4 is 52.6 Å². The molecule has 0 spiro atoms. The van der Waals surface area contributed by atoms with Gasteiger partial charge in [-0.3, -0.25) is 9.59 Å². The molecule has 2 atom stereocenters. The van der Waals surface area contributed by atoms with E-state index in [1.165, 1.54) is 0 Å². The van der Waals surface area contributed by atoms with Crippen LogP contribution in [0.1, 0.15) is 62.8 Å². The molecule has 0 unspecified atom stereocenters. The zero-order chi connectivity index (χ0) is 32.6. The molecule has 8 nitrogen and oxygen atoms in total. The summed E-state index contributed by atoms with van der Waals surface area (Å²) in [7, 11) is 0. The van der Waals surface area contributed by atoms with E-state index in [0.717, 1.165) is 5.56 Å². The van der Waals surface area contributed by atoms with E-state index in [0.29, 0.717) is 51.4 Å². The summed E-state index contributed by atoms with van der Waals surface area (Å²) in [4.78, 5) is 32.1. The number of halogens is 3. The molecule has 3 aromatic rings. The third kappa shape index (κ3) is 9.13. The molecule has 0 saturated carbocycles. The second kappa shape index (κ2) is 15.3. The fourth-order valence-electron chi connectivity index (χ4n) is 4.91. The van der Waals surface area contributed by atoms with Crippen molar-refractivity contribution in [1.29, 1.82) is 0 Å². The number of nitrogens with zero attached hydrogens (tertiary/aromatic N) is 1. The van der Waals surface area contributed by atoms with Gasteiger partial charge in [-0.25, -0.2) is 4.99 Å². The fourth-order valence-corrected chi connectivity index (χ4v) is 5.65. The van der Waals surface area contributed by atoms with E-state index in [9.17, 15) is 9.59 Å². The van der Waals surface area contributed by atoms with Crippen LogP contribution in [0.15, 0.2) is 71.7 Å². The maximum atomic E-state index is 14.3. The van der Waals surface area contributed by atoms with Crippen molar-refractivity contribution in [2.75, 3.05) is 19.8 Å². The highest BCUT2D eigenvalue weighted by atomic mass is 35.5. The first kappa shape index (κ1) is 34.6. The van der Waals surface area contributed by atoms with Gasteiger partial charge < -0.3 is 24.6 Å². The normalized spacial score (nSPS) is 17.8. The van der Waals surface area contributed by atoms with Crippen molar-refractivity contribution in [3.8, 4) is 5.75 Å². The van der Waals surface area contributed by atoms with Crippen molar-refractivity contribution in [2.45, 2.75) is 63.7 Å². The van der Waals surface area contributed by atoms with Crippen LogP contribution >= 0.6 is 34.8 Å². The first-order chi connectivity index (χ1) is 21.4. The molecule has 1 amide bonds. The maximum Gasteiger partial charge on any atom is 0.306 e. The molecule has 4 rings (SSSR count). The molecule has 3 aromatic carbocycles. The number of carbonyl (C=O) groups is 2. The van der Waals surface area contributed by atoms with Gasteiger partial charge in [-0.15, -0.1) is 0 Å². The molecule has 45 heavy (non-hydrogen) atoms. The second-order valence-electron chi connectivity index (χ2n) is 11.6. The lowest BCUT2D eigenvalue weighted by Gasteiger charge is -2.31. The molecular formula is C34H37Cl3N2O6. The smallest absolute Gasteiger partial charge is 0.306 e. The van der Waals surface area contributed by atoms with Crippen LogP contribution in [0.3, 0.4) is 0 Å². The molecule has 0 fully saturated rings. The van der Waals surface area contributed by atoms with Crippen molar-refractivity contribution in [2.24, 2.45) is 4.99 Å². The highest BCUT2D eigenvalue weighted by Crippen LogP contribution is 2.45. The highest BCUT2D eigenvalue weighted by molar-refractivity contribution is 6.35. The lowest BCUT2D eigenvalue weighted by molar-refractivity contribution is -0.155. The number of aliphatic hydroxyl groups excluding tert-OH is 1. The van der Waals surface area contributed by atoms with E-state index in [-0.39, 0.29) is 31.9 Å². The van der Waals surface area contributed by atoms with Gasteiger partial charge in [0.05, 0.1) is 6.61 Å². The number of aliphatic imine (C=N–C) groups is 1. The summed E-state index contributed by atoms with van der Waals surface area (Å²) in [6.07, 6.45) is -0.119. The van der Waals surface area contributed by atoms with Crippen LogP contribution in [0.4, 0.5) is 0 Å². The number of rotatable bonds is 13. The molecule has 0 aromatic heterocycles. The molecule has 0 saturated heterocycles. The molecule has 11 heteroatoms. The van der Waals surface area contributed by atoms with Crippen LogP contribution in [-0.2, 0) is 25.5 Å². The zero-order valence-electron chi connectivity index (χ0n) is 25.4. The van der Waals surface area contributed by atoms with Gasteiger partial charge in [0, 0.05) is 52.2 Å². The van der Waals surface area contributed by atoms with Crippen molar-refractivity contribution in [3.05, 3.63) is 98.5 Å². The Hall–Kier alpha value is -3.30. The highest BCUT2D eigenvalue weighted by Gasteiger charge is 2.54. The lowest BCUT2D eigenvalue weighted by Crippen LogP contribution is -2.49. The molecule has 1 aliphatic heterocycles. The number of esters is 1. The molecule has 2 N–H and O–H groups in total. The third-order valence-electron chi connectivity index (χ3n) is 7.04. The molecule has 1 heterocycles. The van der Waals surface area contributed by atoms with Gasteiger partial charge in [-0.05, 0) is 81.6 Å². The van der Waals surface area contributed by atoms with Crippen LogP contribution in [0, 0.1) is 0 Å². The number of amides is 1. The number of ether oxygens (including phenoxy) is 3. The van der Waals surface area contributed by atoms with Crippen molar-refractivity contribution < 1.29 is 28.9 Å². The third-order valence-corrected chi connectivity index (χ3v) is 7.97. The van der Waals surface area contributed by atoms with Gasteiger partial charge in [0.1, 0.15) is 11.4 Å². The molecule has 0 aliphatic carbocycles.